The maximum absolute atomic E-state index is 13.2. The van der Waals surface area contributed by atoms with Gasteiger partial charge in [-0.05, 0) is 36.2 Å². The summed E-state index contributed by atoms with van der Waals surface area (Å²) in [4.78, 5) is 4.36. The zero-order valence-corrected chi connectivity index (χ0v) is 10.4. The molecule has 0 spiro atoms. The van der Waals surface area contributed by atoms with E-state index in [-0.39, 0.29) is 5.82 Å². The Kier molecular flexibility index (Phi) is 2.80. The Morgan fingerprint density at radius 2 is 2.11 bits per heavy atom. The van der Waals surface area contributed by atoms with Gasteiger partial charge in [-0.2, -0.15) is 0 Å². The van der Waals surface area contributed by atoms with Crippen molar-refractivity contribution in [1.82, 2.24) is 9.38 Å². The lowest BCUT2D eigenvalue weighted by Gasteiger charge is -2.09. The minimum atomic E-state index is -0.848. The molecule has 0 amide bonds. The average molecular weight is 256 g/mol. The van der Waals surface area contributed by atoms with Gasteiger partial charge in [0.1, 0.15) is 17.6 Å². The molecule has 1 atom stereocenters. The van der Waals surface area contributed by atoms with Gasteiger partial charge in [-0.3, -0.25) is 0 Å². The van der Waals surface area contributed by atoms with Crippen LogP contribution in [0.4, 0.5) is 4.39 Å². The molecule has 1 N–H and O–H groups in total. The number of hydrogen-bond acceptors (Lipinski definition) is 2. The molecular weight excluding hydrogens is 243 g/mol. The number of benzene rings is 1. The summed E-state index contributed by atoms with van der Waals surface area (Å²) in [5, 5.41) is 10.3. The first-order chi connectivity index (χ1) is 9.15. The van der Waals surface area contributed by atoms with Crippen LogP contribution in [0.1, 0.15) is 22.9 Å². The summed E-state index contributed by atoms with van der Waals surface area (Å²) < 4.78 is 15.1. The van der Waals surface area contributed by atoms with Crippen LogP contribution < -0.4 is 0 Å². The van der Waals surface area contributed by atoms with E-state index in [1.807, 2.05) is 28.8 Å². The van der Waals surface area contributed by atoms with Crippen molar-refractivity contribution in [3.05, 3.63) is 71.4 Å². The fourth-order valence-electron chi connectivity index (χ4n) is 2.09. The van der Waals surface area contributed by atoms with Gasteiger partial charge in [0, 0.05) is 12.4 Å². The second-order valence-electron chi connectivity index (χ2n) is 4.54. The maximum atomic E-state index is 13.2. The van der Waals surface area contributed by atoms with Crippen LogP contribution >= 0.6 is 0 Å². The molecule has 19 heavy (non-hydrogen) atoms. The number of aryl methyl sites for hydroxylation is 1. The van der Waals surface area contributed by atoms with Crippen molar-refractivity contribution in [2.45, 2.75) is 13.0 Å². The molecule has 3 rings (SSSR count). The number of nitrogens with zero attached hydrogens (tertiary/aromatic N) is 2. The first kappa shape index (κ1) is 11.9. The SMILES string of the molecule is Cc1cc(C(O)c2cn3ccccc3n2)ccc1F. The van der Waals surface area contributed by atoms with E-state index < -0.39 is 6.10 Å². The lowest BCUT2D eigenvalue weighted by atomic mass is 10.0. The van der Waals surface area contributed by atoms with Crippen LogP contribution in [-0.2, 0) is 0 Å². The molecule has 3 nitrogen and oxygen atoms in total. The molecule has 4 heteroatoms. The highest BCUT2D eigenvalue weighted by molar-refractivity contribution is 5.41. The number of pyridine rings is 1. The van der Waals surface area contributed by atoms with Crippen molar-refractivity contribution in [2.75, 3.05) is 0 Å². The average Bonchev–Trinajstić information content (AvgIpc) is 2.85. The van der Waals surface area contributed by atoms with Crippen LogP contribution in [0.2, 0.25) is 0 Å². The third-order valence-electron chi connectivity index (χ3n) is 3.16. The van der Waals surface area contributed by atoms with Crippen molar-refractivity contribution in [3.63, 3.8) is 0 Å². The highest BCUT2D eigenvalue weighted by atomic mass is 19.1. The first-order valence-corrected chi connectivity index (χ1v) is 6.03. The fraction of sp³-hybridized carbons (Fsp3) is 0.133. The molecule has 0 aliphatic heterocycles. The van der Waals surface area contributed by atoms with Gasteiger partial charge in [-0.1, -0.05) is 18.2 Å². The first-order valence-electron chi connectivity index (χ1n) is 6.03. The van der Waals surface area contributed by atoms with Crippen molar-refractivity contribution in [3.8, 4) is 0 Å². The molecule has 1 unspecified atom stereocenters. The van der Waals surface area contributed by atoms with Crippen molar-refractivity contribution >= 4 is 5.65 Å². The predicted molar refractivity (Wildman–Crippen MR) is 70.4 cm³/mol. The Morgan fingerprint density at radius 3 is 2.84 bits per heavy atom. The van der Waals surface area contributed by atoms with Gasteiger partial charge in [0.15, 0.2) is 0 Å². The number of fused-ring (bicyclic) bond motifs is 1. The smallest absolute Gasteiger partial charge is 0.137 e. The molecular formula is C15H13FN2O. The molecule has 0 bridgehead atoms. The number of hydrogen-bond donors (Lipinski definition) is 1. The lowest BCUT2D eigenvalue weighted by molar-refractivity contribution is 0.216. The van der Waals surface area contributed by atoms with E-state index in [0.717, 1.165) is 5.65 Å². The molecule has 96 valence electrons. The van der Waals surface area contributed by atoms with Gasteiger partial charge in [-0.25, -0.2) is 9.37 Å². The number of aromatic nitrogens is 2. The zero-order valence-electron chi connectivity index (χ0n) is 10.4. The van der Waals surface area contributed by atoms with Gasteiger partial charge in [0.25, 0.3) is 0 Å². The maximum Gasteiger partial charge on any atom is 0.137 e. The summed E-state index contributed by atoms with van der Waals surface area (Å²) in [6.45, 7) is 1.68. The molecule has 0 aliphatic carbocycles. The van der Waals surface area contributed by atoms with Crippen LogP contribution in [0.3, 0.4) is 0 Å². The van der Waals surface area contributed by atoms with Crippen LogP contribution in [0.15, 0.2) is 48.8 Å². The van der Waals surface area contributed by atoms with Gasteiger partial charge >= 0.3 is 0 Å². The van der Waals surface area contributed by atoms with E-state index in [2.05, 4.69) is 4.98 Å². The fourth-order valence-corrected chi connectivity index (χ4v) is 2.09. The van der Waals surface area contributed by atoms with Crippen LogP contribution in [-0.4, -0.2) is 14.5 Å². The Hall–Kier alpha value is -2.20. The van der Waals surface area contributed by atoms with Gasteiger partial charge < -0.3 is 9.51 Å². The van der Waals surface area contributed by atoms with Gasteiger partial charge in [-0.15, -0.1) is 0 Å². The molecule has 0 aliphatic rings. The van der Waals surface area contributed by atoms with Crippen molar-refractivity contribution in [1.29, 1.82) is 0 Å². The standard InChI is InChI=1S/C15H13FN2O/c1-10-8-11(5-6-12(10)16)15(19)13-9-18-7-3-2-4-14(18)17-13/h2-9,15,19H,1H3. The predicted octanol–water partition coefficient (Wildman–Crippen LogP) is 2.86. The molecule has 0 radical (unpaired) electrons. The van der Waals surface area contributed by atoms with E-state index in [1.165, 1.54) is 6.07 Å². The third-order valence-corrected chi connectivity index (χ3v) is 3.16. The molecule has 2 aromatic heterocycles. The summed E-state index contributed by atoms with van der Waals surface area (Å²) in [5.74, 6) is -0.272. The molecule has 0 saturated heterocycles. The van der Waals surface area contributed by atoms with E-state index >= 15 is 0 Å². The van der Waals surface area contributed by atoms with Gasteiger partial charge in [0.2, 0.25) is 0 Å². The molecule has 1 aromatic carbocycles. The highest BCUT2D eigenvalue weighted by Gasteiger charge is 2.15. The summed E-state index contributed by atoms with van der Waals surface area (Å²) in [5.41, 5.74) is 2.48. The van der Waals surface area contributed by atoms with E-state index in [4.69, 9.17) is 0 Å². The molecule has 0 fully saturated rings. The number of rotatable bonds is 2. The summed E-state index contributed by atoms with van der Waals surface area (Å²) in [7, 11) is 0. The zero-order chi connectivity index (χ0) is 13.4. The van der Waals surface area contributed by atoms with Crippen molar-refractivity contribution < 1.29 is 9.50 Å². The number of imidazole rings is 1. The summed E-state index contributed by atoms with van der Waals surface area (Å²) in [6.07, 6.45) is 2.80. The largest absolute Gasteiger partial charge is 0.382 e. The number of aliphatic hydroxyl groups is 1. The minimum absolute atomic E-state index is 0.272. The Labute approximate surface area is 110 Å². The van der Waals surface area contributed by atoms with Crippen molar-refractivity contribution in [2.24, 2.45) is 0 Å². The Morgan fingerprint density at radius 1 is 1.26 bits per heavy atom. The molecule has 3 aromatic rings. The van der Waals surface area contributed by atoms with E-state index in [0.29, 0.717) is 16.8 Å². The van der Waals surface area contributed by atoms with E-state index in [1.54, 1.807) is 25.3 Å². The summed E-state index contributed by atoms with van der Waals surface area (Å²) >= 11 is 0. The molecule has 2 heterocycles. The van der Waals surface area contributed by atoms with E-state index in [9.17, 15) is 9.50 Å². The number of halogens is 1. The second kappa shape index (κ2) is 4.48. The molecule has 0 saturated carbocycles. The minimum Gasteiger partial charge on any atom is -0.382 e. The normalized spacial score (nSPS) is 12.8. The lowest BCUT2D eigenvalue weighted by Crippen LogP contribution is -2.01. The van der Waals surface area contributed by atoms with Crippen LogP contribution in [0, 0.1) is 12.7 Å². The van der Waals surface area contributed by atoms with Crippen LogP contribution in [0.25, 0.3) is 5.65 Å². The summed E-state index contributed by atoms with van der Waals surface area (Å²) in [6, 6.07) is 10.2. The Bertz CT molecular complexity index is 703. The number of aliphatic hydroxyl groups excluding tert-OH is 1. The van der Waals surface area contributed by atoms with Crippen LogP contribution in [0.5, 0.6) is 0 Å². The Balaban J connectivity index is 2.02. The van der Waals surface area contributed by atoms with Gasteiger partial charge in [0.05, 0.1) is 5.69 Å². The third kappa shape index (κ3) is 2.11. The topological polar surface area (TPSA) is 37.5 Å². The highest BCUT2D eigenvalue weighted by Crippen LogP contribution is 2.23. The quantitative estimate of drug-likeness (QED) is 0.765. The monoisotopic (exact) mass is 256 g/mol. The second-order valence-corrected chi connectivity index (χ2v) is 4.54.